The standard InChI is InChI=1S/C19H29N3O.ClH/c1-15(21-19(23)18-9-5-6-11-20-18)17-10-12-22(14-17)13-16-7-3-2-4-8-16;/h2-4,7-8,15,17-18,20H,5-6,9-14H2,1H3,(H,21,23);1H/t15?,17?,18-;/m1./s1. The first-order valence-corrected chi connectivity index (χ1v) is 9.02. The first-order chi connectivity index (χ1) is 11.2. The average Bonchev–Trinajstić information content (AvgIpc) is 3.05. The van der Waals surface area contributed by atoms with Crippen molar-refractivity contribution in [2.75, 3.05) is 19.6 Å². The Labute approximate surface area is 151 Å². The summed E-state index contributed by atoms with van der Waals surface area (Å²) >= 11 is 0. The number of nitrogens with zero attached hydrogens (tertiary/aromatic N) is 1. The molecule has 24 heavy (non-hydrogen) atoms. The fraction of sp³-hybridized carbons (Fsp3) is 0.632. The van der Waals surface area contributed by atoms with Gasteiger partial charge in [-0.25, -0.2) is 0 Å². The lowest BCUT2D eigenvalue weighted by Gasteiger charge is -2.27. The van der Waals surface area contributed by atoms with Crippen LogP contribution in [0.3, 0.4) is 0 Å². The second-order valence-corrected chi connectivity index (χ2v) is 7.07. The Morgan fingerprint density at radius 1 is 1.29 bits per heavy atom. The van der Waals surface area contributed by atoms with Crippen LogP contribution in [0.4, 0.5) is 0 Å². The van der Waals surface area contributed by atoms with Crippen LogP contribution in [0.2, 0.25) is 0 Å². The van der Waals surface area contributed by atoms with Crippen LogP contribution < -0.4 is 10.6 Å². The van der Waals surface area contributed by atoms with Gasteiger partial charge in [0.1, 0.15) is 0 Å². The molecule has 1 aromatic carbocycles. The van der Waals surface area contributed by atoms with E-state index in [0.717, 1.165) is 39.0 Å². The summed E-state index contributed by atoms with van der Waals surface area (Å²) in [5.74, 6) is 0.755. The second-order valence-electron chi connectivity index (χ2n) is 7.07. The van der Waals surface area contributed by atoms with E-state index in [1.54, 1.807) is 0 Å². The van der Waals surface area contributed by atoms with Gasteiger partial charge in [-0.3, -0.25) is 9.69 Å². The molecule has 1 amide bonds. The number of halogens is 1. The summed E-state index contributed by atoms with van der Waals surface area (Å²) in [6, 6.07) is 10.9. The van der Waals surface area contributed by atoms with Crippen molar-refractivity contribution >= 4 is 18.3 Å². The number of hydrogen-bond acceptors (Lipinski definition) is 3. The molecule has 4 nitrogen and oxygen atoms in total. The molecule has 5 heteroatoms. The van der Waals surface area contributed by atoms with Crippen molar-refractivity contribution in [3.63, 3.8) is 0 Å². The van der Waals surface area contributed by atoms with Crippen LogP contribution in [-0.4, -0.2) is 42.5 Å². The third-order valence-electron chi connectivity index (χ3n) is 5.26. The fourth-order valence-electron chi connectivity index (χ4n) is 3.77. The molecular formula is C19H30ClN3O. The maximum atomic E-state index is 12.4. The molecule has 2 fully saturated rings. The molecular weight excluding hydrogens is 322 g/mol. The summed E-state index contributed by atoms with van der Waals surface area (Å²) in [5, 5.41) is 6.58. The van der Waals surface area contributed by atoms with Gasteiger partial charge in [-0.05, 0) is 50.8 Å². The number of carbonyl (C=O) groups is 1. The van der Waals surface area contributed by atoms with Crippen molar-refractivity contribution < 1.29 is 4.79 Å². The largest absolute Gasteiger partial charge is 0.352 e. The molecule has 0 radical (unpaired) electrons. The second kappa shape index (κ2) is 9.40. The lowest BCUT2D eigenvalue weighted by atomic mass is 9.99. The van der Waals surface area contributed by atoms with Gasteiger partial charge in [-0.1, -0.05) is 36.8 Å². The Kier molecular flexibility index (Phi) is 7.53. The Morgan fingerprint density at radius 3 is 2.79 bits per heavy atom. The number of amides is 1. The van der Waals surface area contributed by atoms with Gasteiger partial charge in [0.25, 0.3) is 0 Å². The topological polar surface area (TPSA) is 44.4 Å². The Hall–Kier alpha value is -1.10. The number of nitrogens with one attached hydrogen (secondary N) is 2. The number of likely N-dealkylation sites (tertiary alicyclic amines) is 1. The molecule has 2 saturated heterocycles. The summed E-state index contributed by atoms with van der Waals surface area (Å²) in [6.45, 7) is 6.36. The highest BCUT2D eigenvalue weighted by Gasteiger charge is 2.29. The lowest BCUT2D eigenvalue weighted by molar-refractivity contribution is -0.124. The van der Waals surface area contributed by atoms with Gasteiger partial charge in [-0.15, -0.1) is 12.4 Å². The minimum Gasteiger partial charge on any atom is -0.352 e. The smallest absolute Gasteiger partial charge is 0.237 e. The van der Waals surface area contributed by atoms with Gasteiger partial charge in [0.15, 0.2) is 0 Å². The maximum Gasteiger partial charge on any atom is 0.237 e. The Bertz CT molecular complexity index is 505. The van der Waals surface area contributed by atoms with Gasteiger partial charge in [0.05, 0.1) is 6.04 Å². The highest BCUT2D eigenvalue weighted by atomic mass is 35.5. The van der Waals surface area contributed by atoms with Crippen LogP contribution in [-0.2, 0) is 11.3 Å². The van der Waals surface area contributed by atoms with E-state index < -0.39 is 0 Å². The van der Waals surface area contributed by atoms with E-state index in [0.29, 0.717) is 5.92 Å². The molecule has 3 atom stereocenters. The first-order valence-electron chi connectivity index (χ1n) is 9.02. The van der Waals surface area contributed by atoms with Crippen molar-refractivity contribution in [3.8, 4) is 0 Å². The Balaban J connectivity index is 0.00000208. The number of benzene rings is 1. The molecule has 0 aliphatic carbocycles. The zero-order chi connectivity index (χ0) is 16.1. The number of hydrogen-bond donors (Lipinski definition) is 2. The minimum absolute atomic E-state index is 0. The summed E-state index contributed by atoms with van der Waals surface area (Å²) in [7, 11) is 0. The van der Waals surface area contributed by atoms with Gasteiger partial charge < -0.3 is 10.6 Å². The van der Waals surface area contributed by atoms with E-state index in [1.165, 1.54) is 18.4 Å². The first kappa shape index (κ1) is 19.2. The van der Waals surface area contributed by atoms with Crippen LogP contribution >= 0.6 is 12.4 Å². The molecule has 0 bridgehead atoms. The lowest BCUT2D eigenvalue weighted by Crippen LogP contribution is -2.50. The highest BCUT2D eigenvalue weighted by Crippen LogP contribution is 2.22. The van der Waals surface area contributed by atoms with Crippen LogP contribution in [0.15, 0.2) is 30.3 Å². The van der Waals surface area contributed by atoms with E-state index in [1.807, 2.05) is 0 Å². The summed E-state index contributed by atoms with van der Waals surface area (Å²) < 4.78 is 0. The maximum absolute atomic E-state index is 12.4. The quantitative estimate of drug-likeness (QED) is 0.857. The zero-order valence-electron chi connectivity index (χ0n) is 14.5. The summed E-state index contributed by atoms with van der Waals surface area (Å²) in [6.07, 6.45) is 4.50. The van der Waals surface area contributed by atoms with E-state index in [-0.39, 0.29) is 30.4 Å². The predicted octanol–water partition coefficient (Wildman–Crippen LogP) is 2.58. The number of piperidine rings is 1. The number of rotatable bonds is 5. The monoisotopic (exact) mass is 351 g/mol. The van der Waals surface area contributed by atoms with Crippen LogP contribution in [0.25, 0.3) is 0 Å². The minimum atomic E-state index is 0. The molecule has 2 N–H and O–H groups in total. The third-order valence-corrected chi connectivity index (χ3v) is 5.26. The zero-order valence-corrected chi connectivity index (χ0v) is 15.4. The Morgan fingerprint density at radius 2 is 2.08 bits per heavy atom. The van der Waals surface area contributed by atoms with Crippen molar-refractivity contribution in [3.05, 3.63) is 35.9 Å². The van der Waals surface area contributed by atoms with E-state index in [4.69, 9.17) is 0 Å². The molecule has 134 valence electrons. The van der Waals surface area contributed by atoms with Gasteiger partial charge >= 0.3 is 0 Å². The normalized spacial score (nSPS) is 25.7. The molecule has 1 aromatic rings. The molecule has 2 aliphatic rings. The van der Waals surface area contributed by atoms with Crippen LogP contribution in [0, 0.1) is 5.92 Å². The van der Waals surface area contributed by atoms with Crippen molar-refractivity contribution in [2.24, 2.45) is 5.92 Å². The molecule has 0 aromatic heterocycles. The van der Waals surface area contributed by atoms with E-state index >= 15 is 0 Å². The third kappa shape index (κ3) is 5.20. The van der Waals surface area contributed by atoms with Crippen molar-refractivity contribution in [2.45, 2.75) is 51.2 Å². The highest BCUT2D eigenvalue weighted by molar-refractivity contribution is 5.85. The van der Waals surface area contributed by atoms with Gasteiger partial charge in [-0.2, -0.15) is 0 Å². The molecule has 2 unspecified atom stereocenters. The molecule has 0 saturated carbocycles. The van der Waals surface area contributed by atoms with Gasteiger partial charge in [0, 0.05) is 19.1 Å². The average molecular weight is 352 g/mol. The number of carbonyl (C=O) groups excluding carboxylic acids is 1. The molecule has 3 rings (SSSR count). The van der Waals surface area contributed by atoms with Crippen molar-refractivity contribution in [1.29, 1.82) is 0 Å². The molecule has 2 heterocycles. The molecule has 0 spiro atoms. The molecule has 2 aliphatic heterocycles. The summed E-state index contributed by atoms with van der Waals surface area (Å²) in [5.41, 5.74) is 1.37. The van der Waals surface area contributed by atoms with Gasteiger partial charge in [0.2, 0.25) is 5.91 Å². The summed E-state index contributed by atoms with van der Waals surface area (Å²) in [4.78, 5) is 14.9. The van der Waals surface area contributed by atoms with Crippen molar-refractivity contribution in [1.82, 2.24) is 15.5 Å². The van der Waals surface area contributed by atoms with Crippen LogP contribution in [0.1, 0.15) is 38.2 Å². The van der Waals surface area contributed by atoms with E-state index in [2.05, 4.69) is 52.8 Å². The SMILES string of the molecule is CC(NC(=O)[C@H]1CCCCN1)C1CCN(Cc2ccccc2)C1.Cl. The van der Waals surface area contributed by atoms with E-state index in [9.17, 15) is 4.79 Å². The van der Waals surface area contributed by atoms with Crippen LogP contribution in [0.5, 0.6) is 0 Å². The fourth-order valence-corrected chi connectivity index (χ4v) is 3.77. The predicted molar refractivity (Wildman–Crippen MR) is 100 cm³/mol.